The zero-order valence-corrected chi connectivity index (χ0v) is 12.4. The monoisotopic (exact) mass is 267 g/mol. The molecule has 0 aliphatic carbocycles. The Bertz CT molecular complexity index is 379. The smallest absolute Gasteiger partial charge is 0.161 e. The zero-order chi connectivity index (χ0) is 14.3. The van der Waals surface area contributed by atoms with Crippen LogP contribution in [0.4, 0.5) is 0 Å². The van der Waals surface area contributed by atoms with Gasteiger partial charge < -0.3 is 14.7 Å². The van der Waals surface area contributed by atoms with E-state index < -0.39 is 0 Å². The second-order valence-electron chi connectivity index (χ2n) is 4.73. The highest BCUT2D eigenvalue weighted by Gasteiger charge is 2.10. The molecule has 19 heavy (non-hydrogen) atoms. The van der Waals surface area contributed by atoms with Gasteiger partial charge in [0.1, 0.15) is 18.1 Å². The van der Waals surface area contributed by atoms with Crippen molar-refractivity contribution in [1.29, 1.82) is 0 Å². The number of likely N-dealkylation sites (N-methyl/N-ethyl adjacent to an activating group) is 1. The van der Waals surface area contributed by atoms with E-state index in [1.165, 1.54) is 0 Å². The molecule has 0 aliphatic heterocycles. The molecular weight excluding hydrogens is 242 g/mol. The highest BCUT2D eigenvalue weighted by Crippen LogP contribution is 2.18. The summed E-state index contributed by atoms with van der Waals surface area (Å²) >= 11 is 0. The molecule has 0 bridgehead atoms. The van der Waals surface area contributed by atoms with Gasteiger partial charge >= 0.3 is 0 Å². The molecule has 0 saturated carbocycles. The lowest BCUT2D eigenvalue weighted by Crippen LogP contribution is -2.28. The fraction of sp³-hybridized carbons (Fsp3) is 0.714. The molecule has 1 aromatic rings. The van der Waals surface area contributed by atoms with Gasteiger partial charge in [-0.05, 0) is 13.1 Å². The van der Waals surface area contributed by atoms with Crippen molar-refractivity contribution in [2.24, 2.45) is 0 Å². The number of nitrogens with zero attached hydrogens (tertiary/aromatic N) is 3. The second-order valence-corrected chi connectivity index (χ2v) is 4.73. The van der Waals surface area contributed by atoms with Crippen molar-refractivity contribution < 1.29 is 9.84 Å². The minimum Gasteiger partial charge on any atom is -0.489 e. The maximum absolute atomic E-state index is 9.34. The molecule has 0 radical (unpaired) electrons. The molecule has 0 atom stereocenters. The Balaban J connectivity index is 2.63. The first-order valence-electron chi connectivity index (χ1n) is 6.94. The van der Waals surface area contributed by atoms with Crippen molar-refractivity contribution in [2.75, 3.05) is 26.2 Å². The van der Waals surface area contributed by atoms with E-state index in [4.69, 9.17) is 4.74 Å². The average molecular weight is 267 g/mol. The molecule has 1 N–H and O–H groups in total. The minimum atomic E-state index is -0.122. The van der Waals surface area contributed by atoms with Crippen molar-refractivity contribution >= 4 is 0 Å². The Morgan fingerprint density at radius 1 is 1.32 bits per heavy atom. The lowest BCUT2D eigenvalue weighted by molar-refractivity contribution is 0.212. The number of aromatic nitrogens is 2. The number of aliphatic hydroxyl groups excluding tert-OH is 1. The van der Waals surface area contributed by atoms with Crippen molar-refractivity contribution in [3.05, 3.63) is 17.7 Å². The molecule has 5 heteroatoms. The summed E-state index contributed by atoms with van der Waals surface area (Å²) < 4.78 is 5.67. The van der Waals surface area contributed by atoms with Gasteiger partial charge in [0.25, 0.3) is 0 Å². The van der Waals surface area contributed by atoms with E-state index in [2.05, 4.69) is 28.7 Å². The van der Waals surface area contributed by atoms with Crippen LogP contribution < -0.4 is 4.74 Å². The third-order valence-corrected chi connectivity index (χ3v) is 3.07. The largest absolute Gasteiger partial charge is 0.489 e. The molecule has 0 unspecified atom stereocenters. The molecule has 0 aliphatic rings. The number of ether oxygens (including phenoxy) is 1. The topological polar surface area (TPSA) is 58.5 Å². The first-order chi connectivity index (χ1) is 9.12. The van der Waals surface area contributed by atoms with E-state index >= 15 is 0 Å². The van der Waals surface area contributed by atoms with Crippen LogP contribution in [-0.2, 0) is 6.61 Å². The van der Waals surface area contributed by atoms with Crippen LogP contribution in [0.5, 0.6) is 5.75 Å². The summed E-state index contributed by atoms with van der Waals surface area (Å²) in [6.45, 7) is 11.7. The summed E-state index contributed by atoms with van der Waals surface area (Å²) in [5.74, 6) is 1.56. The van der Waals surface area contributed by atoms with Crippen LogP contribution >= 0.6 is 0 Å². The number of hydrogen-bond donors (Lipinski definition) is 1. The van der Waals surface area contributed by atoms with E-state index in [-0.39, 0.29) is 12.5 Å². The molecule has 0 saturated heterocycles. The van der Waals surface area contributed by atoms with Crippen LogP contribution in [0.3, 0.4) is 0 Å². The maximum Gasteiger partial charge on any atom is 0.161 e. The highest BCUT2D eigenvalue weighted by atomic mass is 16.5. The number of aliphatic hydroxyl groups is 1. The predicted molar refractivity (Wildman–Crippen MR) is 75.3 cm³/mol. The predicted octanol–water partition coefficient (Wildman–Crippen LogP) is 1.81. The second kappa shape index (κ2) is 8.07. The quantitative estimate of drug-likeness (QED) is 0.778. The fourth-order valence-electron chi connectivity index (χ4n) is 1.76. The van der Waals surface area contributed by atoms with Crippen molar-refractivity contribution in [2.45, 2.75) is 40.2 Å². The van der Waals surface area contributed by atoms with Crippen LogP contribution in [0.25, 0.3) is 0 Å². The number of rotatable bonds is 8. The van der Waals surface area contributed by atoms with E-state index in [1.54, 1.807) is 6.20 Å². The van der Waals surface area contributed by atoms with E-state index in [0.29, 0.717) is 18.1 Å². The molecule has 0 aromatic carbocycles. The van der Waals surface area contributed by atoms with Gasteiger partial charge in [-0.25, -0.2) is 9.97 Å². The first kappa shape index (κ1) is 15.9. The molecule has 0 fully saturated rings. The van der Waals surface area contributed by atoms with E-state index in [1.807, 2.05) is 13.8 Å². The van der Waals surface area contributed by atoms with Gasteiger partial charge in [0.2, 0.25) is 0 Å². The maximum atomic E-state index is 9.34. The summed E-state index contributed by atoms with van der Waals surface area (Å²) in [6, 6.07) is 0. The van der Waals surface area contributed by atoms with Gasteiger partial charge in [0.15, 0.2) is 5.75 Å². The van der Waals surface area contributed by atoms with E-state index in [0.717, 1.165) is 25.5 Å². The van der Waals surface area contributed by atoms with Crippen LogP contribution in [0, 0.1) is 0 Å². The SMILES string of the molecule is CCN(CC)CCOc1cnc(C(C)C)nc1CO. The van der Waals surface area contributed by atoms with Crippen molar-refractivity contribution in [3.63, 3.8) is 0 Å². The number of hydrogen-bond acceptors (Lipinski definition) is 5. The van der Waals surface area contributed by atoms with Crippen molar-refractivity contribution in [3.8, 4) is 5.75 Å². The normalized spacial score (nSPS) is 11.3. The first-order valence-corrected chi connectivity index (χ1v) is 6.94. The van der Waals surface area contributed by atoms with E-state index in [9.17, 15) is 5.11 Å². The third-order valence-electron chi connectivity index (χ3n) is 3.07. The summed E-state index contributed by atoms with van der Waals surface area (Å²) in [4.78, 5) is 10.9. The molecule has 5 nitrogen and oxygen atoms in total. The standard InChI is InChI=1S/C14H25N3O2/c1-5-17(6-2)7-8-19-13-9-15-14(11(3)4)16-12(13)10-18/h9,11,18H,5-8,10H2,1-4H3. The van der Waals surface area contributed by atoms with Gasteiger partial charge in [0, 0.05) is 12.5 Å². The Morgan fingerprint density at radius 3 is 2.53 bits per heavy atom. The van der Waals surface area contributed by atoms with Gasteiger partial charge in [-0.1, -0.05) is 27.7 Å². The fourth-order valence-corrected chi connectivity index (χ4v) is 1.76. The Labute approximate surface area is 115 Å². The van der Waals surface area contributed by atoms with Gasteiger partial charge in [-0.3, -0.25) is 0 Å². The average Bonchev–Trinajstić information content (AvgIpc) is 2.43. The molecule has 1 heterocycles. The van der Waals surface area contributed by atoms with Crippen LogP contribution in [-0.4, -0.2) is 46.2 Å². The molecule has 1 rings (SSSR count). The Kier molecular flexibility index (Phi) is 6.73. The molecule has 108 valence electrons. The van der Waals surface area contributed by atoms with Crippen LogP contribution in [0.15, 0.2) is 6.20 Å². The molecule has 0 spiro atoms. The van der Waals surface area contributed by atoms with Gasteiger partial charge in [-0.15, -0.1) is 0 Å². The van der Waals surface area contributed by atoms with Gasteiger partial charge in [-0.2, -0.15) is 0 Å². The highest BCUT2D eigenvalue weighted by molar-refractivity contribution is 5.24. The zero-order valence-electron chi connectivity index (χ0n) is 12.4. The minimum absolute atomic E-state index is 0.122. The molecule has 0 amide bonds. The summed E-state index contributed by atoms with van der Waals surface area (Å²) in [5, 5.41) is 9.34. The van der Waals surface area contributed by atoms with Crippen LogP contribution in [0.1, 0.15) is 45.1 Å². The summed E-state index contributed by atoms with van der Waals surface area (Å²) in [5.41, 5.74) is 0.568. The van der Waals surface area contributed by atoms with Crippen LogP contribution in [0.2, 0.25) is 0 Å². The molecule has 1 aromatic heterocycles. The van der Waals surface area contributed by atoms with Crippen molar-refractivity contribution in [1.82, 2.24) is 14.9 Å². The van der Waals surface area contributed by atoms with Gasteiger partial charge in [0.05, 0.1) is 12.8 Å². The lowest BCUT2D eigenvalue weighted by atomic mass is 10.2. The Morgan fingerprint density at radius 2 is 2.00 bits per heavy atom. The lowest BCUT2D eigenvalue weighted by Gasteiger charge is -2.18. The third kappa shape index (κ3) is 4.76. The summed E-state index contributed by atoms with van der Waals surface area (Å²) in [6.07, 6.45) is 1.66. The summed E-state index contributed by atoms with van der Waals surface area (Å²) in [7, 11) is 0. The Hall–Kier alpha value is -1.20. The molecular formula is C14H25N3O2.